The lowest BCUT2D eigenvalue weighted by atomic mass is 9.99. The van der Waals surface area contributed by atoms with Crippen LogP contribution in [0.15, 0.2) is 66.9 Å². The summed E-state index contributed by atoms with van der Waals surface area (Å²) >= 11 is 6.34. The van der Waals surface area contributed by atoms with Crippen molar-refractivity contribution in [2.24, 2.45) is 0 Å². The molecule has 3 heteroatoms. The van der Waals surface area contributed by atoms with E-state index in [0.717, 1.165) is 31.1 Å². The van der Waals surface area contributed by atoms with Crippen molar-refractivity contribution >= 4 is 11.6 Å². The van der Waals surface area contributed by atoms with E-state index in [2.05, 4.69) is 84.1 Å². The normalized spacial score (nSPS) is 17.7. The lowest BCUT2D eigenvalue weighted by Crippen LogP contribution is -2.29. The molecule has 27 heavy (non-hydrogen) atoms. The minimum absolute atomic E-state index is 0.228. The smallest absolute Gasteiger partial charge is 0.0759 e. The number of nitrogens with zero attached hydrogens (tertiary/aromatic N) is 2. The van der Waals surface area contributed by atoms with Crippen molar-refractivity contribution in [2.75, 3.05) is 6.54 Å². The zero-order valence-electron chi connectivity index (χ0n) is 16.1. The van der Waals surface area contributed by atoms with E-state index in [1.54, 1.807) is 0 Å². The average molecular weight is 379 g/mol. The van der Waals surface area contributed by atoms with E-state index in [1.165, 1.54) is 22.4 Å². The van der Waals surface area contributed by atoms with Crippen molar-refractivity contribution in [1.29, 1.82) is 0 Å². The number of rotatable bonds is 4. The van der Waals surface area contributed by atoms with Crippen LogP contribution in [-0.2, 0) is 13.1 Å². The first-order chi connectivity index (χ1) is 13.1. The Morgan fingerprint density at radius 1 is 1.00 bits per heavy atom. The van der Waals surface area contributed by atoms with Gasteiger partial charge >= 0.3 is 0 Å². The summed E-state index contributed by atoms with van der Waals surface area (Å²) in [6, 6.07) is 22.1. The second-order valence-electron chi connectivity index (χ2n) is 7.80. The average Bonchev–Trinajstić information content (AvgIpc) is 3.03. The summed E-state index contributed by atoms with van der Waals surface area (Å²) in [5, 5.41) is 0.802. The second kappa shape index (κ2) is 7.92. The number of aryl methyl sites for hydroxylation is 1. The van der Waals surface area contributed by atoms with Crippen molar-refractivity contribution < 1.29 is 0 Å². The van der Waals surface area contributed by atoms with Gasteiger partial charge in [-0.3, -0.25) is 4.90 Å². The van der Waals surface area contributed by atoms with Crippen LogP contribution in [0.3, 0.4) is 0 Å². The number of aromatic nitrogens is 1. The molecule has 1 aliphatic heterocycles. The van der Waals surface area contributed by atoms with Gasteiger partial charge in [0.25, 0.3) is 0 Å². The summed E-state index contributed by atoms with van der Waals surface area (Å²) in [5.41, 5.74) is 5.39. The standard InChI is InChI=1S/C24H27ClN2/c1-18(2)20-11-9-19(10-12-20)17-27-15-5-14-26-13-4-8-23(26)24(27)21-6-3-7-22(25)16-21/h3-4,6-13,16,18,24H,5,14-15,17H2,1-2H3. The van der Waals surface area contributed by atoms with Gasteiger partial charge in [-0.25, -0.2) is 0 Å². The molecule has 1 aliphatic rings. The van der Waals surface area contributed by atoms with Crippen molar-refractivity contribution in [3.63, 3.8) is 0 Å². The first-order valence-electron chi connectivity index (χ1n) is 9.85. The lowest BCUT2D eigenvalue weighted by Gasteiger charge is -2.31. The van der Waals surface area contributed by atoms with Crippen LogP contribution < -0.4 is 0 Å². The van der Waals surface area contributed by atoms with Crippen LogP contribution >= 0.6 is 11.6 Å². The molecular formula is C24H27ClN2. The van der Waals surface area contributed by atoms with Gasteiger partial charge in [-0.05, 0) is 53.3 Å². The van der Waals surface area contributed by atoms with Gasteiger partial charge in [-0.1, -0.05) is 61.8 Å². The summed E-state index contributed by atoms with van der Waals surface area (Å²) in [5.74, 6) is 0.569. The molecule has 140 valence electrons. The van der Waals surface area contributed by atoms with E-state index < -0.39 is 0 Å². The molecule has 0 fully saturated rings. The Morgan fingerprint density at radius 2 is 1.81 bits per heavy atom. The number of halogens is 1. The lowest BCUT2D eigenvalue weighted by molar-refractivity contribution is 0.220. The molecule has 0 saturated carbocycles. The third kappa shape index (κ3) is 3.97. The maximum Gasteiger partial charge on any atom is 0.0759 e. The Kier molecular flexibility index (Phi) is 5.38. The zero-order chi connectivity index (χ0) is 18.8. The van der Waals surface area contributed by atoms with Gasteiger partial charge in [0.05, 0.1) is 6.04 Å². The van der Waals surface area contributed by atoms with E-state index in [0.29, 0.717) is 5.92 Å². The Bertz CT molecular complexity index is 895. The summed E-state index contributed by atoms with van der Waals surface area (Å²) in [4.78, 5) is 2.59. The molecule has 2 heterocycles. The molecular weight excluding hydrogens is 352 g/mol. The summed E-state index contributed by atoms with van der Waals surface area (Å²) in [6.07, 6.45) is 3.36. The molecule has 0 radical (unpaired) electrons. The van der Waals surface area contributed by atoms with Gasteiger partial charge in [0.1, 0.15) is 0 Å². The van der Waals surface area contributed by atoms with Crippen LogP contribution in [0, 0.1) is 0 Å². The summed E-state index contributed by atoms with van der Waals surface area (Å²) in [6.45, 7) is 7.58. The van der Waals surface area contributed by atoms with E-state index in [1.807, 2.05) is 6.07 Å². The number of hydrogen-bond donors (Lipinski definition) is 0. The minimum atomic E-state index is 0.228. The number of benzene rings is 2. The van der Waals surface area contributed by atoms with E-state index in [4.69, 9.17) is 11.6 Å². The minimum Gasteiger partial charge on any atom is -0.350 e. The Labute approximate surface area is 167 Å². The highest BCUT2D eigenvalue weighted by atomic mass is 35.5. The van der Waals surface area contributed by atoms with Crippen LogP contribution in [0.4, 0.5) is 0 Å². The molecule has 0 bridgehead atoms. The first kappa shape index (κ1) is 18.3. The summed E-state index contributed by atoms with van der Waals surface area (Å²) < 4.78 is 2.40. The molecule has 0 amide bonds. The molecule has 0 N–H and O–H groups in total. The van der Waals surface area contributed by atoms with E-state index >= 15 is 0 Å². The number of fused-ring (bicyclic) bond motifs is 1. The van der Waals surface area contributed by atoms with E-state index in [9.17, 15) is 0 Å². The predicted molar refractivity (Wildman–Crippen MR) is 113 cm³/mol. The van der Waals surface area contributed by atoms with Crippen LogP contribution in [0.25, 0.3) is 0 Å². The Morgan fingerprint density at radius 3 is 2.56 bits per heavy atom. The molecule has 3 aromatic rings. The van der Waals surface area contributed by atoms with Crippen LogP contribution in [0.1, 0.15) is 54.6 Å². The van der Waals surface area contributed by atoms with Crippen molar-refractivity contribution in [2.45, 2.75) is 45.3 Å². The molecule has 1 aromatic heterocycles. The Hall–Kier alpha value is -2.03. The topological polar surface area (TPSA) is 8.17 Å². The number of hydrogen-bond acceptors (Lipinski definition) is 1. The molecule has 1 unspecified atom stereocenters. The highest BCUT2D eigenvalue weighted by molar-refractivity contribution is 6.30. The fourth-order valence-corrected chi connectivity index (χ4v) is 4.31. The monoisotopic (exact) mass is 378 g/mol. The molecule has 2 nitrogen and oxygen atoms in total. The van der Waals surface area contributed by atoms with Crippen LogP contribution in [-0.4, -0.2) is 16.0 Å². The maximum absolute atomic E-state index is 6.34. The van der Waals surface area contributed by atoms with Crippen molar-refractivity contribution in [3.05, 3.63) is 94.3 Å². The molecule has 4 rings (SSSR count). The molecule has 1 atom stereocenters. The fraction of sp³-hybridized carbons (Fsp3) is 0.333. The maximum atomic E-state index is 6.34. The summed E-state index contributed by atoms with van der Waals surface area (Å²) in [7, 11) is 0. The first-order valence-corrected chi connectivity index (χ1v) is 10.2. The van der Waals surface area contributed by atoms with Crippen molar-refractivity contribution in [3.8, 4) is 0 Å². The quantitative estimate of drug-likeness (QED) is 0.520. The zero-order valence-corrected chi connectivity index (χ0v) is 16.9. The molecule has 0 spiro atoms. The van der Waals surface area contributed by atoms with E-state index in [-0.39, 0.29) is 6.04 Å². The highest BCUT2D eigenvalue weighted by Crippen LogP contribution is 2.34. The van der Waals surface area contributed by atoms with Crippen molar-refractivity contribution in [1.82, 2.24) is 9.47 Å². The molecule has 2 aromatic carbocycles. The van der Waals surface area contributed by atoms with Crippen LogP contribution in [0.5, 0.6) is 0 Å². The molecule has 0 aliphatic carbocycles. The van der Waals surface area contributed by atoms with Gasteiger partial charge in [0, 0.05) is 36.5 Å². The molecule has 0 saturated heterocycles. The second-order valence-corrected chi connectivity index (χ2v) is 8.24. The van der Waals surface area contributed by atoms with Crippen LogP contribution in [0.2, 0.25) is 5.02 Å². The third-order valence-corrected chi connectivity index (χ3v) is 5.79. The van der Waals surface area contributed by atoms with Gasteiger partial charge in [0.15, 0.2) is 0 Å². The van der Waals surface area contributed by atoms with Gasteiger partial charge in [-0.15, -0.1) is 0 Å². The van der Waals surface area contributed by atoms with Gasteiger partial charge in [0.2, 0.25) is 0 Å². The fourth-order valence-electron chi connectivity index (χ4n) is 4.11. The third-order valence-electron chi connectivity index (χ3n) is 5.55. The highest BCUT2D eigenvalue weighted by Gasteiger charge is 2.27. The SMILES string of the molecule is CC(C)c1ccc(CN2CCCn3cccc3C2c2cccc(Cl)c2)cc1. The Balaban J connectivity index is 1.68. The largest absolute Gasteiger partial charge is 0.350 e. The van der Waals surface area contributed by atoms with Gasteiger partial charge in [-0.2, -0.15) is 0 Å². The van der Waals surface area contributed by atoms with Gasteiger partial charge < -0.3 is 4.57 Å². The predicted octanol–water partition coefficient (Wildman–Crippen LogP) is 6.26.